The van der Waals surface area contributed by atoms with Gasteiger partial charge in [-0.2, -0.15) is 0 Å². The van der Waals surface area contributed by atoms with Crippen molar-refractivity contribution in [2.75, 3.05) is 31.6 Å². The maximum Gasteiger partial charge on any atom is 0.317 e. The van der Waals surface area contributed by atoms with Crippen LogP contribution < -0.4 is 5.32 Å². The molecule has 110 valence electrons. The summed E-state index contributed by atoms with van der Waals surface area (Å²) in [6.07, 6.45) is 1.60. The average Bonchev–Trinajstić information content (AvgIpc) is 2.34. The number of amides is 2. The third-order valence-corrected chi connectivity index (χ3v) is 4.49. The van der Waals surface area contributed by atoms with Crippen LogP contribution in [0.5, 0.6) is 0 Å². The van der Waals surface area contributed by atoms with Gasteiger partial charge in [0.1, 0.15) is 5.60 Å². The Kier molecular flexibility index (Phi) is 4.82. The second kappa shape index (κ2) is 6.24. The number of nitrogens with one attached hydrogen (secondary N) is 1. The smallest absolute Gasteiger partial charge is 0.317 e. The van der Waals surface area contributed by atoms with Gasteiger partial charge in [-0.1, -0.05) is 28.1 Å². The summed E-state index contributed by atoms with van der Waals surface area (Å²) in [6.45, 7) is 0.919. The van der Waals surface area contributed by atoms with Gasteiger partial charge in [0.2, 0.25) is 0 Å². The van der Waals surface area contributed by atoms with Crippen LogP contribution in [-0.2, 0) is 16.4 Å². The molecule has 0 spiro atoms. The first-order valence-corrected chi connectivity index (χ1v) is 8.74. The average molecular weight is 361 g/mol. The zero-order valence-electron chi connectivity index (χ0n) is 11.1. The van der Waals surface area contributed by atoms with Crippen molar-refractivity contribution in [3.8, 4) is 0 Å². The molecule has 2 amide bonds. The van der Waals surface area contributed by atoms with Crippen molar-refractivity contribution in [1.82, 2.24) is 10.2 Å². The first-order chi connectivity index (χ1) is 9.40. The lowest BCUT2D eigenvalue weighted by Gasteiger charge is -2.46. The Labute approximate surface area is 128 Å². The van der Waals surface area contributed by atoms with Crippen LogP contribution in [0.2, 0.25) is 0 Å². The molecule has 1 unspecified atom stereocenters. The Morgan fingerprint density at radius 1 is 1.55 bits per heavy atom. The number of rotatable bonds is 4. The highest BCUT2D eigenvalue weighted by Gasteiger charge is 2.44. The number of carbonyl (C=O) groups excluding carboxylic acids is 1. The standard InChI is InChI=1S/C13H17BrN2O3S/c1-20(19)6-5-15-12(17)16-8-13(18,9-16)10-3-2-4-11(14)7-10/h2-4,7,18H,5-6,8-9H2,1H3,(H,15,17). The summed E-state index contributed by atoms with van der Waals surface area (Å²) in [5, 5.41) is 13.1. The molecule has 2 rings (SSSR count). The molecule has 5 nitrogen and oxygen atoms in total. The van der Waals surface area contributed by atoms with Gasteiger partial charge in [0.15, 0.2) is 0 Å². The first-order valence-electron chi connectivity index (χ1n) is 6.22. The van der Waals surface area contributed by atoms with Crippen LogP contribution in [-0.4, -0.2) is 51.9 Å². The van der Waals surface area contributed by atoms with Crippen LogP contribution in [0.15, 0.2) is 28.7 Å². The molecule has 1 aliphatic rings. The van der Waals surface area contributed by atoms with E-state index in [1.807, 2.05) is 24.3 Å². The minimum absolute atomic E-state index is 0.227. The largest absolute Gasteiger partial charge is 0.381 e. The van der Waals surface area contributed by atoms with E-state index in [2.05, 4.69) is 21.2 Å². The molecule has 2 N–H and O–H groups in total. The molecule has 7 heteroatoms. The molecular weight excluding hydrogens is 344 g/mol. The second-order valence-electron chi connectivity index (χ2n) is 4.91. The summed E-state index contributed by atoms with van der Waals surface area (Å²) in [6, 6.07) is 7.22. The zero-order valence-corrected chi connectivity index (χ0v) is 13.5. The van der Waals surface area contributed by atoms with Crippen LogP contribution in [0.1, 0.15) is 5.56 Å². The number of nitrogens with zero attached hydrogens (tertiary/aromatic N) is 1. The van der Waals surface area contributed by atoms with Crippen molar-refractivity contribution in [3.05, 3.63) is 34.3 Å². The summed E-state index contributed by atoms with van der Waals surface area (Å²) in [7, 11) is -0.915. The third-order valence-electron chi connectivity index (χ3n) is 3.22. The summed E-state index contributed by atoms with van der Waals surface area (Å²) >= 11 is 3.37. The summed E-state index contributed by atoms with van der Waals surface area (Å²) in [5.74, 6) is 0.440. The molecule has 20 heavy (non-hydrogen) atoms. The van der Waals surface area contributed by atoms with E-state index >= 15 is 0 Å². The lowest BCUT2D eigenvalue weighted by Crippen LogP contribution is -2.63. The predicted octanol–water partition coefficient (Wildman–Crippen LogP) is 1.04. The molecule has 0 bridgehead atoms. The van der Waals surface area contributed by atoms with E-state index in [0.29, 0.717) is 12.3 Å². The molecule has 1 fully saturated rings. The summed E-state index contributed by atoms with van der Waals surface area (Å²) < 4.78 is 11.8. The van der Waals surface area contributed by atoms with Gasteiger partial charge in [-0.3, -0.25) is 4.21 Å². The SMILES string of the molecule is CS(=O)CCNC(=O)N1CC(O)(c2cccc(Br)c2)C1. The van der Waals surface area contributed by atoms with Gasteiger partial charge in [-0.05, 0) is 17.7 Å². The van der Waals surface area contributed by atoms with Gasteiger partial charge in [-0.25, -0.2) is 4.79 Å². The molecule has 1 saturated heterocycles. The molecule has 1 heterocycles. The molecule has 0 aliphatic carbocycles. The van der Waals surface area contributed by atoms with E-state index < -0.39 is 16.4 Å². The highest BCUT2D eigenvalue weighted by molar-refractivity contribution is 9.10. The number of likely N-dealkylation sites (tertiary alicyclic amines) is 1. The van der Waals surface area contributed by atoms with E-state index in [1.54, 1.807) is 11.2 Å². The number of benzene rings is 1. The third kappa shape index (κ3) is 3.59. The van der Waals surface area contributed by atoms with Crippen molar-refractivity contribution in [2.24, 2.45) is 0 Å². The fourth-order valence-corrected chi connectivity index (χ4v) is 2.89. The normalized spacial score (nSPS) is 18.2. The Balaban J connectivity index is 1.86. The molecule has 0 aromatic heterocycles. The van der Waals surface area contributed by atoms with Crippen molar-refractivity contribution >= 4 is 32.8 Å². The van der Waals surface area contributed by atoms with Gasteiger partial charge in [-0.15, -0.1) is 0 Å². The monoisotopic (exact) mass is 360 g/mol. The molecule has 1 aromatic carbocycles. The second-order valence-corrected chi connectivity index (χ2v) is 7.38. The van der Waals surface area contributed by atoms with Gasteiger partial charge in [0.25, 0.3) is 0 Å². The lowest BCUT2D eigenvalue weighted by molar-refractivity contribution is -0.0815. The first kappa shape index (κ1) is 15.5. The van der Waals surface area contributed by atoms with Gasteiger partial charge >= 0.3 is 6.03 Å². The van der Waals surface area contributed by atoms with Gasteiger partial charge in [0.05, 0.1) is 13.1 Å². The van der Waals surface area contributed by atoms with Crippen molar-refractivity contribution in [1.29, 1.82) is 0 Å². The topological polar surface area (TPSA) is 69.6 Å². The Morgan fingerprint density at radius 2 is 2.25 bits per heavy atom. The fourth-order valence-electron chi connectivity index (χ4n) is 2.10. The number of β-amino-alcohol motifs (C(OH)–C–C–N with tert-alkyl or cyclic N) is 1. The predicted molar refractivity (Wildman–Crippen MR) is 81.9 cm³/mol. The summed E-state index contributed by atoms with van der Waals surface area (Å²) in [5.41, 5.74) is -0.181. The van der Waals surface area contributed by atoms with E-state index in [0.717, 1.165) is 10.0 Å². The van der Waals surface area contributed by atoms with E-state index in [-0.39, 0.29) is 19.1 Å². The number of hydrogen-bond acceptors (Lipinski definition) is 3. The molecule has 0 radical (unpaired) electrons. The quantitative estimate of drug-likeness (QED) is 0.842. The highest BCUT2D eigenvalue weighted by atomic mass is 79.9. The Hall–Kier alpha value is -0.920. The van der Waals surface area contributed by atoms with Gasteiger partial charge in [0, 0.05) is 33.8 Å². The molecule has 1 aromatic rings. The van der Waals surface area contributed by atoms with Crippen LogP contribution in [0.4, 0.5) is 4.79 Å². The van der Waals surface area contributed by atoms with E-state index in [9.17, 15) is 14.1 Å². The Bertz CT molecular complexity index is 532. The maximum atomic E-state index is 11.8. The molecular formula is C13H17BrN2O3S. The van der Waals surface area contributed by atoms with Crippen molar-refractivity contribution < 1.29 is 14.1 Å². The fraction of sp³-hybridized carbons (Fsp3) is 0.462. The van der Waals surface area contributed by atoms with Crippen LogP contribution in [0, 0.1) is 0 Å². The molecule has 0 saturated carbocycles. The minimum atomic E-state index is -0.977. The lowest BCUT2D eigenvalue weighted by atomic mass is 9.86. The number of carbonyl (C=O) groups is 1. The number of hydrogen-bond donors (Lipinski definition) is 2. The molecule has 1 atom stereocenters. The van der Waals surface area contributed by atoms with E-state index in [4.69, 9.17) is 0 Å². The number of halogens is 1. The van der Waals surface area contributed by atoms with Crippen LogP contribution >= 0.6 is 15.9 Å². The highest BCUT2D eigenvalue weighted by Crippen LogP contribution is 2.32. The van der Waals surface area contributed by atoms with Crippen molar-refractivity contribution in [3.63, 3.8) is 0 Å². The number of urea groups is 1. The van der Waals surface area contributed by atoms with Crippen LogP contribution in [0.3, 0.4) is 0 Å². The van der Waals surface area contributed by atoms with Crippen LogP contribution in [0.25, 0.3) is 0 Å². The van der Waals surface area contributed by atoms with E-state index in [1.165, 1.54) is 0 Å². The maximum absolute atomic E-state index is 11.8. The molecule has 1 aliphatic heterocycles. The summed E-state index contributed by atoms with van der Waals surface area (Å²) in [4.78, 5) is 13.3. The number of aliphatic hydroxyl groups is 1. The van der Waals surface area contributed by atoms with Crippen molar-refractivity contribution in [2.45, 2.75) is 5.60 Å². The Morgan fingerprint density at radius 3 is 2.85 bits per heavy atom. The minimum Gasteiger partial charge on any atom is -0.381 e. The zero-order chi connectivity index (χ0) is 14.8. The van der Waals surface area contributed by atoms with Gasteiger partial charge < -0.3 is 15.3 Å².